The molecule has 420 valence electrons. The zero-order valence-electron chi connectivity index (χ0n) is 48.1. The largest absolute Gasteiger partial charge is 0.462 e. The van der Waals surface area contributed by atoms with Crippen molar-refractivity contribution in [2.24, 2.45) is 0 Å². The van der Waals surface area contributed by atoms with Crippen LogP contribution >= 0.6 is 0 Å². The van der Waals surface area contributed by atoms with Gasteiger partial charge in [0.05, 0.1) is 0 Å². The summed E-state index contributed by atoms with van der Waals surface area (Å²) in [7, 11) is 0. The van der Waals surface area contributed by atoms with Gasteiger partial charge in [-0.3, -0.25) is 14.4 Å². The third-order valence-electron chi connectivity index (χ3n) is 13.4. The third kappa shape index (κ3) is 59.3. The van der Waals surface area contributed by atoms with Crippen LogP contribution in [0.1, 0.15) is 303 Å². The van der Waals surface area contributed by atoms with E-state index in [1.165, 1.54) is 161 Å². The smallest absolute Gasteiger partial charge is 0.306 e. The second kappa shape index (κ2) is 61.1. The van der Waals surface area contributed by atoms with Gasteiger partial charge in [0, 0.05) is 19.3 Å². The summed E-state index contributed by atoms with van der Waals surface area (Å²) in [6.07, 6.45) is 80.1. The van der Waals surface area contributed by atoms with E-state index < -0.39 is 6.10 Å². The molecule has 0 aromatic heterocycles. The summed E-state index contributed by atoms with van der Waals surface area (Å²) < 4.78 is 16.9. The molecule has 0 spiro atoms. The van der Waals surface area contributed by atoms with Gasteiger partial charge in [-0.05, 0) is 96.3 Å². The number of esters is 3. The first kappa shape index (κ1) is 69.6. The number of ether oxygens (including phenoxy) is 3. The Morgan fingerprint density at radius 2 is 0.534 bits per heavy atom. The minimum absolute atomic E-state index is 0.0779. The van der Waals surface area contributed by atoms with Gasteiger partial charge in [-0.25, -0.2) is 0 Å². The lowest BCUT2D eigenvalue weighted by molar-refractivity contribution is -0.167. The quantitative estimate of drug-likeness (QED) is 0.0261. The fraction of sp³-hybridized carbons (Fsp3) is 0.746. The molecular formula is C67H116O6. The van der Waals surface area contributed by atoms with Crippen LogP contribution in [0.25, 0.3) is 0 Å². The van der Waals surface area contributed by atoms with Crippen molar-refractivity contribution in [3.8, 4) is 0 Å². The van der Waals surface area contributed by atoms with E-state index in [0.717, 1.165) is 103 Å². The second-order valence-electron chi connectivity index (χ2n) is 20.6. The molecule has 0 bridgehead atoms. The zero-order valence-corrected chi connectivity index (χ0v) is 48.1. The van der Waals surface area contributed by atoms with Crippen LogP contribution in [0.5, 0.6) is 0 Å². The number of carbonyl (C=O) groups excluding carboxylic acids is 3. The second-order valence-corrected chi connectivity index (χ2v) is 20.6. The normalized spacial score (nSPS) is 12.6. The van der Waals surface area contributed by atoms with E-state index in [9.17, 15) is 14.4 Å². The summed E-state index contributed by atoms with van der Waals surface area (Å²) in [5.74, 6) is -0.881. The summed E-state index contributed by atoms with van der Waals surface area (Å²) in [5, 5.41) is 0. The molecule has 73 heavy (non-hydrogen) atoms. The van der Waals surface area contributed by atoms with Crippen molar-refractivity contribution < 1.29 is 28.6 Å². The molecule has 0 fully saturated rings. The first-order chi connectivity index (χ1) is 36.0. The third-order valence-corrected chi connectivity index (χ3v) is 13.4. The van der Waals surface area contributed by atoms with Gasteiger partial charge in [0.25, 0.3) is 0 Å². The van der Waals surface area contributed by atoms with Gasteiger partial charge in [-0.15, -0.1) is 0 Å². The molecule has 0 N–H and O–H groups in total. The molecule has 0 amide bonds. The van der Waals surface area contributed by atoms with Gasteiger partial charge in [0.15, 0.2) is 6.10 Å². The predicted octanol–water partition coefficient (Wildman–Crippen LogP) is 21.1. The number of allylic oxidation sites excluding steroid dienone is 14. The molecule has 0 saturated heterocycles. The van der Waals surface area contributed by atoms with E-state index >= 15 is 0 Å². The van der Waals surface area contributed by atoms with Crippen molar-refractivity contribution in [2.45, 2.75) is 309 Å². The molecule has 0 rings (SSSR count). The Kier molecular flexibility index (Phi) is 58.3. The van der Waals surface area contributed by atoms with Gasteiger partial charge >= 0.3 is 17.9 Å². The average molecular weight is 1020 g/mol. The van der Waals surface area contributed by atoms with Gasteiger partial charge in [0.1, 0.15) is 13.2 Å². The van der Waals surface area contributed by atoms with Gasteiger partial charge in [-0.2, -0.15) is 0 Å². The minimum Gasteiger partial charge on any atom is -0.462 e. The van der Waals surface area contributed by atoms with E-state index in [1.54, 1.807) is 0 Å². The van der Waals surface area contributed by atoms with E-state index in [1.807, 2.05) is 0 Å². The molecule has 6 nitrogen and oxygen atoms in total. The maximum absolute atomic E-state index is 12.9. The highest BCUT2D eigenvalue weighted by Gasteiger charge is 2.19. The van der Waals surface area contributed by atoms with Crippen molar-refractivity contribution in [3.05, 3.63) is 85.1 Å². The number of hydrogen-bond donors (Lipinski definition) is 0. The van der Waals surface area contributed by atoms with E-state index in [4.69, 9.17) is 14.2 Å². The Bertz CT molecular complexity index is 1400. The number of hydrogen-bond acceptors (Lipinski definition) is 6. The van der Waals surface area contributed by atoms with Gasteiger partial charge in [-0.1, -0.05) is 273 Å². The monoisotopic (exact) mass is 1020 g/mol. The fourth-order valence-electron chi connectivity index (χ4n) is 8.74. The van der Waals surface area contributed by atoms with Crippen LogP contribution in [0.4, 0.5) is 0 Å². The molecular weight excluding hydrogens is 901 g/mol. The molecule has 6 heteroatoms. The zero-order chi connectivity index (χ0) is 52.9. The Hall–Kier alpha value is -3.41. The highest BCUT2D eigenvalue weighted by atomic mass is 16.6. The molecule has 0 aromatic rings. The van der Waals surface area contributed by atoms with Crippen LogP contribution in [-0.2, 0) is 28.6 Å². The SMILES string of the molecule is CC/C=C\C/C=C\C/C=C\C/C=C\C/C=C\C/C=C\CCCCCCCCCCC(=O)OCC(COC(=O)CCCCCCCCCCCCC)OC(=O)CCCCCCCCC/C=C\CCCCCCCC. The van der Waals surface area contributed by atoms with Crippen molar-refractivity contribution in [3.63, 3.8) is 0 Å². The van der Waals surface area contributed by atoms with Crippen molar-refractivity contribution >= 4 is 17.9 Å². The molecule has 0 aliphatic rings. The van der Waals surface area contributed by atoms with E-state index in [-0.39, 0.29) is 31.1 Å². The van der Waals surface area contributed by atoms with Crippen molar-refractivity contribution in [1.82, 2.24) is 0 Å². The molecule has 0 radical (unpaired) electrons. The van der Waals surface area contributed by atoms with Crippen LogP contribution in [0.3, 0.4) is 0 Å². The minimum atomic E-state index is -0.781. The summed E-state index contributed by atoms with van der Waals surface area (Å²) in [4.78, 5) is 38.2. The predicted molar refractivity (Wildman–Crippen MR) is 316 cm³/mol. The van der Waals surface area contributed by atoms with Crippen LogP contribution in [-0.4, -0.2) is 37.2 Å². The summed E-state index contributed by atoms with van der Waals surface area (Å²) in [6, 6.07) is 0. The Labute approximate surface area is 452 Å². The first-order valence-electron chi connectivity index (χ1n) is 31.1. The van der Waals surface area contributed by atoms with Crippen molar-refractivity contribution in [2.75, 3.05) is 13.2 Å². The molecule has 0 heterocycles. The lowest BCUT2D eigenvalue weighted by Gasteiger charge is -2.18. The highest BCUT2D eigenvalue weighted by Crippen LogP contribution is 2.16. The standard InChI is InChI=1S/C67H116O6/c1-4-7-10-13-16-19-22-24-26-28-29-30-31-32-33-34-35-36-37-39-40-42-45-48-51-54-57-60-66(69)72-63-64(62-71-65(68)59-56-53-50-47-44-21-18-15-12-9-6-3)73-67(70)61-58-55-52-49-46-43-41-38-27-25-23-20-17-14-11-8-5-2/h7,10,16,19,24-27,29-30,32-33,35-36,64H,4-6,8-9,11-15,17-18,20-23,28,31,34,37-63H2,1-3H3/b10-7-,19-16-,26-24-,27-25-,30-29-,33-32-,36-35-. The topological polar surface area (TPSA) is 78.9 Å². The average Bonchev–Trinajstić information content (AvgIpc) is 3.39. The van der Waals surface area contributed by atoms with Crippen LogP contribution in [0.2, 0.25) is 0 Å². The Morgan fingerprint density at radius 3 is 0.849 bits per heavy atom. The lowest BCUT2D eigenvalue weighted by atomic mass is 10.1. The lowest BCUT2D eigenvalue weighted by Crippen LogP contribution is -2.30. The van der Waals surface area contributed by atoms with Crippen LogP contribution in [0, 0.1) is 0 Å². The number of unbranched alkanes of at least 4 members (excludes halogenated alkanes) is 31. The summed E-state index contributed by atoms with van der Waals surface area (Å²) >= 11 is 0. The van der Waals surface area contributed by atoms with E-state index in [2.05, 4.69) is 106 Å². The van der Waals surface area contributed by atoms with Crippen LogP contribution < -0.4 is 0 Å². The fourth-order valence-corrected chi connectivity index (χ4v) is 8.74. The first-order valence-corrected chi connectivity index (χ1v) is 31.1. The van der Waals surface area contributed by atoms with E-state index in [0.29, 0.717) is 19.3 Å². The maximum Gasteiger partial charge on any atom is 0.306 e. The Balaban J connectivity index is 4.29. The molecule has 0 saturated carbocycles. The number of carbonyl (C=O) groups is 3. The molecule has 0 aliphatic heterocycles. The highest BCUT2D eigenvalue weighted by molar-refractivity contribution is 5.71. The molecule has 0 aliphatic carbocycles. The van der Waals surface area contributed by atoms with Crippen LogP contribution in [0.15, 0.2) is 85.1 Å². The summed E-state index contributed by atoms with van der Waals surface area (Å²) in [5.41, 5.74) is 0. The van der Waals surface area contributed by atoms with Gasteiger partial charge in [0.2, 0.25) is 0 Å². The molecule has 0 aromatic carbocycles. The van der Waals surface area contributed by atoms with Gasteiger partial charge < -0.3 is 14.2 Å². The maximum atomic E-state index is 12.9. The number of rotatable bonds is 56. The Morgan fingerprint density at radius 1 is 0.288 bits per heavy atom. The summed E-state index contributed by atoms with van der Waals surface area (Å²) in [6.45, 7) is 6.53. The molecule has 1 unspecified atom stereocenters. The molecule has 1 atom stereocenters. The van der Waals surface area contributed by atoms with Crippen molar-refractivity contribution in [1.29, 1.82) is 0 Å².